The molecule has 0 aliphatic heterocycles. The summed E-state index contributed by atoms with van der Waals surface area (Å²) >= 11 is 0. The first-order valence-electron chi connectivity index (χ1n) is 9.63. The Kier molecular flexibility index (Phi) is 6.13. The molecule has 0 bridgehead atoms. The van der Waals surface area contributed by atoms with Gasteiger partial charge < -0.3 is 15.0 Å². The molecule has 0 aliphatic rings. The Hall–Kier alpha value is -2.51. The molecular weight excluding hydrogens is 428 g/mol. The summed E-state index contributed by atoms with van der Waals surface area (Å²) in [6.45, 7) is 7.39. The zero-order valence-corrected chi connectivity index (χ0v) is 18.7. The molecule has 2 heterocycles. The third-order valence-electron chi connectivity index (χ3n) is 4.96. The number of nitrogens with one attached hydrogen (secondary N) is 1. The third-order valence-corrected chi connectivity index (χ3v) is 6.31. The predicted molar refractivity (Wildman–Crippen MR) is 115 cm³/mol. The Bertz CT molecular complexity index is 1180. The highest BCUT2D eigenvalue weighted by molar-refractivity contribution is 7.69. The number of aryl methyl sites for hydroxylation is 1. The minimum atomic E-state index is -3.73. The lowest BCUT2D eigenvalue weighted by molar-refractivity contribution is -0.108. The van der Waals surface area contributed by atoms with E-state index < -0.39 is 36.6 Å². The summed E-state index contributed by atoms with van der Waals surface area (Å²) in [6.07, 6.45) is -0.544. The van der Waals surface area contributed by atoms with Crippen LogP contribution in [0.25, 0.3) is 10.9 Å². The normalized spacial score (nSPS) is 14.5. The Balaban J connectivity index is 2.06. The van der Waals surface area contributed by atoms with Gasteiger partial charge in [-0.15, -0.1) is 0 Å². The van der Waals surface area contributed by atoms with Gasteiger partial charge in [-0.25, -0.2) is 14.4 Å². The number of halogens is 3. The largest absolute Gasteiger partial charge is 0.387 e. The highest BCUT2D eigenvalue weighted by atomic mass is 31.2. The van der Waals surface area contributed by atoms with Crippen molar-refractivity contribution in [2.75, 3.05) is 18.6 Å². The monoisotopic (exact) mass is 452 g/mol. The first kappa shape index (κ1) is 23.2. The summed E-state index contributed by atoms with van der Waals surface area (Å²) in [7, 11) is -2.65. The number of anilines is 1. The molecule has 0 spiro atoms. The van der Waals surface area contributed by atoms with Crippen molar-refractivity contribution in [3.8, 4) is 0 Å². The average molecular weight is 452 g/mol. The first-order valence-corrected chi connectivity index (χ1v) is 12.2. The second-order valence-corrected chi connectivity index (χ2v) is 11.1. The number of pyridine rings is 1. The van der Waals surface area contributed by atoms with Gasteiger partial charge in [0.05, 0.1) is 23.3 Å². The molecule has 0 radical (unpaired) electrons. The van der Waals surface area contributed by atoms with Crippen LogP contribution in [0.4, 0.5) is 19.0 Å². The Morgan fingerprint density at radius 1 is 1.19 bits per heavy atom. The van der Waals surface area contributed by atoms with Crippen LogP contribution in [-0.2, 0) is 10.5 Å². The van der Waals surface area contributed by atoms with Crippen molar-refractivity contribution in [1.82, 2.24) is 15.0 Å². The number of hydrogen-bond acceptors (Lipinski definition) is 6. The van der Waals surface area contributed by atoms with E-state index >= 15 is 0 Å². The SMILES string of the molecule is Cc1nc(N[C@H](C)c2cccc(C(F)(F)[C@@H](C)O)c2F)c2cc(P(C)(C)=O)ncc2n1. The van der Waals surface area contributed by atoms with E-state index in [-0.39, 0.29) is 5.56 Å². The van der Waals surface area contributed by atoms with E-state index in [9.17, 15) is 22.8 Å². The Morgan fingerprint density at radius 2 is 1.87 bits per heavy atom. The minimum Gasteiger partial charge on any atom is -0.387 e. The number of nitrogens with zero attached hydrogens (tertiary/aromatic N) is 3. The molecule has 0 saturated heterocycles. The molecule has 3 aromatic rings. The third kappa shape index (κ3) is 4.57. The maximum Gasteiger partial charge on any atom is 0.301 e. The summed E-state index contributed by atoms with van der Waals surface area (Å²) in [5, 5.41) is 13.0. The van der Waals surface area contributed by atoms with Crippen molar-refractivity contribution in [2.45, 2.75) is 38.8 Å². The summed E-state index contributed by atoms with van der Waals surface area (Å²) in [4.78, 5) is 12.9. The van der Waals surface area contributed by atoms with E-state index in [0.717, 1.165) is 13.0 Å². The van der Waals surface area contributed by atoms with Crippen molar-refractivity contribution in [2.24, 2.45) is 0 Å². The molecular formula is C21H24F3N4O2P. The maximum absolute atomic E-state index is 15.0. The molecule has 3 rings (SSSR count). The van der Waals surface area contributed by atoms with Gasteiger partial charge in [-0.2, -0.15) is 8.78 Å². The van der Waals surface area contributed by atoms with Crippen LogP contribution in [0.2, 0.25) is 0 Å². The van der Waals surface area contributed by atoms with E-state index in [1.54, 1.807) is 33.2 Å². The van der Waals surface area contributed by atoms with Crippen LogP contribution in [0.5, 0.6) is 0 Å². The van der Waals surface area contributed by atoms with Gasteiger partial charge in [0.25, 0.3) is 0 Å². The zero-order valence-electron chi connectivity index (χ0n) is 17.8. The molecule has 31 heavy (non-hydrogen) atoms. The van der Waals surface area contributed by atoms with Crippen LogP contribution in [0.1, 0.15) is 36.8 Å². The van der Waals surface area contributed by atoms with Crippen molar-refractivity contribution in [3.05, 3.63) is 53.2 Å². The van der Waals surface area contributed by atoms with E-state index in [1.807, 2.05) is 0 Å². The molecule has 0 saturated carbocycles. The fourth-order valence-corrected chi connectivity index (χ4v) is 3.97. The van der Waals surface area contributed by atoms with E-state index in [1.165, 1.54) is 18.3 Å². The highest BCUT2D eigenvalue weighted by Crippen LogP contribution is 2.37. The smallest absolute Gasteiger partial charge is 0.301 e. The molecule has 0 fully saturated rings. The van der Waals surface area contributed by atoms with Gasteiger partial charge in [0.2, 0.25) is 0 Å². The van der Waals surface area contributed by atoms with Crippen LogP contribution >= 0.6 is 7.14 Å². The van der Waals surface area contributed by atoms with Gasteiger partial charge in [0.15, 0.2) is 0 Å². The quantitative estimate of drug-likeness (QED) is 0.540. The van der Waals surface area contributed by atoms with E-state index in [0.29, 0.717) is 28.0 Å². The summed E-state index contributed by atoms with van der Waals surface area (Å²) < 4.78 is 56.0. The molecule has 1 aromatic carbocycles. The number of aliphatic hydroxyl groups is 1. The van der Waals surface area contributed by atoms with Crippen LogP contribution in [0.3, 0.4) is 0 Å². The van der Waals surface area contributed by atoms with Crippen LogP contribution in [-0.4, -0.2) is 39.5 Å². The van der Waals surface area contributed by atoms with Crippen LogP contribution < -0.4 is 10.8 Å². The lowest BCUT2D eigenvalue weighted by Gasteiger charge is -2.23. The van der Waals surface area contributed by atoms with E-state index in [4.69, 9.17) is 0 Å². The van der Waals surface area contributed by atoms with Crippen molar-refractivity contribution >= 4 is 29.3 Å². The Labute approximate surface area is 178 Å². The molecule has 6 nitrogen and oxygen atoms in total. The summed E-state index contributed by atoms with van der Waals surface area (Å²) in [5.74, 6) is -4.05. The molecule has 0 unspecified atom stereocenters. The number of aromatic nitrogens is 3. The summed E-state index contributed by atoms with van der Waals surface area (Å²) in [6, 6.07) is 4.55. The number of aliphatic hydroxyl groups excluding tert-OH is 1. The molecule has 0 aliphatic carbocycles. The first-order chi connectivity index (χ1) is 14.3. The van der Waals surface area contributed by atoms with Gasteiger partial charge >= 0.3 is 5.92 Å². The van der Waals surface area contributed by atoms with Gasteiger partial charge in [0, 0.05) is 10.9 Å². The standard InChI is InChI=1S/C21H24F3N4O2P/c1-11(14-7-6-8-16(19(14)22)21(23,24)12(2)29)26-20-15-9-18(31(4,5)30)25-10-17(15)27-13(3)28-20/h6-12,29H,1-5H3,(H,26,27,28)/t11-,12-/m1/s1. The lowest BCUT2D eigenvalue weighted by Crippen LogP contribution is -2.29. The molecule has 0 amide bonds. The number of benzene rings is 1. The van der Waals surface area contributed by atoms with Crippen molar-refractivity contribution < 1.29 is 22.8 Å². The van der Waals surface area contributed by atoms with Crippen molar-refractivity contribution in [3.63, 3.8) is 0 Å². The molecule has 2 atom stereocenters. The predicted octanol–water partition coefficient (Wildman–Crippen LogP) is 4.37. The number of fused-ring (bicyclic) bond motifs is 1. The average Bonchev–Trinajstić information content (AvgIpc) is 2.66. The van der Waals surface area contributed by atoms with Crippen LogP contribution in [0, 0.1) is 12.7 Å². The number of hydrogen-bond donors (Lipinski definition) is 2. The van der Waals surface area contributed by atoms with Crippen molar-refractivity contribution in [1.29, 1.82) is 0 Å². The molecule has 166 valence electrons. The second kappa shape index (κ2) is 8.20. The van der Waals surface area contributed by atoms with E-state index in [2.05, 4.69) is 20.3 Å². The van der Waals surface area contributed by atoms with Gasteiger partial charge in [-0.1, -0.05) is 12.1 Å². The fraction of sp³-hybridized carbons (Fsp3) is 0.381. The number of rotatable bonds is 6. The summed E-state index contributed by atoms with van der Waals surface area (Å²) in [5.41, 5.74) is 0.0251. The molecule has 10 heteroatoms. The lowest BCUT2D eigenvalue weighted by atomic mass is 9.97. The number of alkyl halides is 2. The van der Waals surface area contributed by atoms with Crippen LogP contribution in [0.15, 0.2) is 30.5 Å². The second-order valence-electron chi connectivity index (χ2n) is 7.90. The molecule has 2 aromatic heterocycles. The Morgan fingerprint density at radius 3 is 2.48 bits per heavy atom. The fourth-order valence-electron chi connectivity index (χ4n) is 3.19. The van der Waals surface area contributed by atoms with Gasteiger partial charge in [-0.05, 0) is 46.2 Å². The van der Waals surface area contributed by atoms with Gasteiger partial charge in [-0.3, -0.25) is 4.98 Å². The molecule has 2 N–H and O–H groups in total. The topological polar surface area (TPSA) is 88.0 Å². The maximum atomic E-state index is 15.0. The van der Waals surface area contributed by atoms with Gasteiger partial charge in [0.1, 0.15) is 36.1 Å². The zero-order chi connectivity index (χ0) is 23.1. The minimum absolute atomic E-state index is 0.00632. The highest BCUT2D eigenvalue weighted by Gasteiger charge is 2.40.